The topological polar surface area (TPSA) is 73.6 Å². The van der Waals surface area contributed by atoms with Crippen LogP contribution < -0.4 is 20.7 Å². The van der Waals surface area contributed by atoms with Crippen LogP contribution in [0, 0.1) is 0 Å². The van der Waals surface area contributed by atoms with Crippen LogP contribution in [-0.2, 0) is 4.79 Å². The second kappa shape index (κ2) is 7.55. The molecule has 1 aromatic rings. The molecule has 0 saturated carbocycles. The second-order valence-electron chi connectivity index (χ2n) is 3.91. The van der Waals surface area contributed by atoms with Gasteiger partial charge in [0.2, 0.25) is 5.91 Å². The van der Waals surface area contributed by atoms with Crippen molar-refractivity contribution < 1.29 is 14.3 Å². The summed E-state index contributed by atoms with van der Waals surface area (Å²) in [4.78, 5) is 11.0. The molecular formula is C13H20N2O3. The Morgan fingerprint density at radius 2 is 2.06 bits per heavy atom. The molecule has 0 heterocycles. The lowest BCUT2D eigenvalue weighted by atomic mass is 10.2. The number of para-hydroxylation sites is 2. The van der Waals surface area contributed by atoms with Crippen LogP contribution in [0.3, 0.4) is 0 Å². The number of carbonyl (C=O) groups excluding carboxylic acids is 1. The fourth-order valence-electron chi connectivity index (χ4n) is 1.50. The standard InChI is InChI=1S/C13H20N2O3/c1-3-17-11-6-4-5-7-12(11)18-10(2)8-9-13(16)15-14/h4-7,10H,3,8-9,14H2,1-2H3,(H,15,16). The Hall–Kier alpha value is -1.75. The van der Waals surface area contributed by atoms with E-state index in [0.29, 0.717) is 25.2 Å². The van der Waals surface area contributed by atoms with Crippen molar-refractivity contribution in [3.05, 3.63) is 24.3 Å². The van der Waals surface area contributed by atoms with Crippen LogP contribution in [0.4, 0.5) is 0 Å². The molecule has 0 radical (unpaired) electrons. The Bertz CT molecular complexity index is 382. The first-order valence-electron chi connectivity index (χ1n) is 6.05. The summed E-state index contributed by atoms with van der Waals surface area (Å²) in [5, 5.41) is 0. The molecule has 3 N–H and O–H groups in total. The first-order valence-corrected chi connectivity index (χ1v) is 6.05. The molecule has 0 aliphatic carbocycles. The van der Waals surface area contributed by atoms with E-state index in [4.69, 9.17) is 15.3 Å². The first-order chi connectivity index (χ1) is 8.67. The van der Waals surface area contributed by atoms with Crippen LogP contribution in [0.5, 0.6) is 11.5 Å². The molecule has 0 saturated heterocycles. The van der Waals surface area contributed by atoms with E-state index in [1.807, 2.05) is 38.1 Å². The molecule has 0 aliphatic heterocycles. The zero-order valence-electron chi connectivity index (χ0n) is 10.8. The zero-order valence-corrected chi connectivity index (χ0v) is 10.8. The summed E-state index contributed by atoms with van der Waals surface area (Å²) in [6.45, 7) is 4.42. The molecule has 0 spiro atoms. The lowest BCUT2D eigenvalue weighted by molar-refractivity contribution is -0.121. The molecule has 1 atom stereocenters. The average Bonchev–Trinajstić information content (AvgIpc) is 2.38. The maximum absolute atomic E-state index is 11.0. The van der Waals surface area contributed by atoms with Crippen LogP contribution in [0.2, 0.25) is 0 Å². The number of hydrazine groups is 1. The van der Waals surface area contributed by atoms with Gasteiger partial charge in [-0.2, -0.15) is 0 Å². The van der Waals surface area contributed by atoms with E-state index in [0.717, 1.165) is 5.75 Å². The van der Waals surface area contributed by atoms with Crippen molar-refractivity contribution >= 4 is 5.91 Å². The third kappa shape index (κ3) is 4.63. The van der Waals surface area contributed by atoms with Crippen molar-refractivity contribution in [2.45, 2.75) is 32.8 Å². The number of ether oxygens (including phenoxy) is 2. The Morgan fingerprint density at radius 1 is 1.39 bits per heavy atom. The molecule has 5 nitrogen and oxygen atoms in total. The fourth-order valence-corrected chi connectivity index (χ4v) is 1.50. The van der Waals surface area contributed by atoms with Crippen LogP contribution in [0.1, 0.15) is 26.7 Å². The summed E-state index contributed by atoms with van der Waals surface area (Å²) >= 11 is 0. The van der Waals surface area contributed by atoms with Crippen molar-refractivity contribution in [3.63, 3.8) is 0 Å². The molecule has 1 rings (SSSR count). The van der Waals surface area contributed by atoms with E-state index in [-0.39, 0.29) is 12.0 Å². The Morgan fingerprint density at radius 3 is 2.67 bits per heavy atom. The lowest BCUT2D eigenvalue weighted by Gasteiger charge is -2.17. The second-order valence-corrected chi connectivity index (χ2v) is 3.91. The van der Waals surface area contributed by atoms with Gasteiger partial charge in [-0.15, -0.1) is 0 Å². The van der Waals surface area contributed by atoms with E-state index in [9.17, 15) is 4.79 Å². The highest BCUT2D eigenvalue weighted by atomic mass is 16.5. The normalized spacial score (nSPS) is 11.7. The molecule has 0 bridgehead atoms. The predicted molar refractivity (Wildman–Crippen MR) is 69.3 cm³/mol. The first kappa shape index (κ1) is 14.3. The van der Waals surface area contributed by atoms with Gasteiger partial charge in [0.05, 0.1) is 12.7 Å². The highest BCUT2D eigenvalue weighted by molar-refractivity contribution is 5.75. The maximum Gasteiger partial charge on any atom is 0.234 e. The third-order valence-corrected chi connectivity index (χ3v) is 2.42. The van der Waals surface area contributed by atoms with Crippen LogP contribution >= 0.6 is 0 Å². The van der Waals surface area contributed by atoms with Gasteiger partial charge in [-0.25, -0.2) is 5.84 Å². The largest absolute Gasteiger partial charge is 0.490 e. The minimum atomic E-state index is -0.191. The maximum atomic E-state index is 11.0. The summed E-state index contributed by atoms with van der Waals surface area (Å²) in [5.74, 6) is 6.24. The van der Waals surface area contributed by atoms with E-state index in [1.54, 1.807) is 0 Å². The highest BCUT2D eigenvalue weighted by Gasteiger charge is 2.10. The zero-order chi connectivity index (χ0) is 13.4. The minimum absolute atomic E-state index is 0.0797. The quantitative estimate of drug-likeness (QED) is 0.439. The van der Waals surface area contributed by atoms with Crippen LogP contribution in [0.25, 0.3) is 0 Å². The minimum Gasteiger partial charge on any atom is -0.490 e. The van der Waals surface area contributed by atoms with Gasteiger partial charge < -0.3 is 9.47 Å². The van der Waals surface area contributed by atoms with E-state index >= 15 is 0 Å². The third-order valence-electron chi connectivity index (χ3n) is 2.42. The van der Waals surface area contributed by atoms with Gasteiger partial charge in [0, 0.05) is 6.42 Å². The number of hydrogen-bond acceptors (Lipinski definition) is 4. The van der Waals surface area contributed by atoms with Crippen molar-refractivity contribution in [2.75, 3.05) is 6.61 Å². The number of nitrogens with two attached hydrogens (primary N) is 1. The van der Waals surface area contributed by atoms with Crippen LogP contribution in [-0.4, -0.2) is 18.6 Å². The number of rotatable bonds is 7. The molecule has 5 heteroatoms. The fraction of sp³-hybridized carbons (Fsp3) is 0.462. The van der Waals surface area contributed by atoms with E-state index in [2.05, 4.69) is 5.43 Å². The Labute approximate surface area is 107 Å². The summed E-state index contributed by atoms with van der Waals surface area (Å²) in [5.41, 5.74) is 2.10. The molecule has 0 aromatic heterocycles. The summed E-state index contributed by atoms with van der Waals surface area (Å²) in [6, 6.07) is 7.49. The van der Waals surface area contributed by atoms with Gasteiger partial charge in [0.25, 0.3) is 0 Å². The number of hydrogen-bond donors (Lipinski definition) is 2. The number of amides is 1. The predicted octanol–water partition coefficient (Wildman–Crippen LogP) is 1.62. The molecule has 100 valence electrons. The molecule has 0 aliphatic rings. The molecule has 0 fully saturated rings. The number of benzene rings is 1. The molecular weight excluding hydrogens is 232 g/mol. The smallest absolute Gasteiger partial charge is 0.234 e. The van der Waals surface area contributed by atoms with Crippen molar-refractivity contribution in [1.82, 2.24) is 5.43 Å². The van der Waals surface area contributed by atoms with Gasteiger partial charge in [-0.1, -0.05) is 12.1 Å². The van der Waals surface area contributed by atoms with Gasteiger partial charge in [-0.05, 0) is 32.4 Å². The SMILES string of the molecule is CCOc1ccccc1OC(C)CCC(=O)NN. The summed E-state index contributed by atoms with van der Waals surface area (Å²) in [7, 11) is 0. The van der Waals surface area contributed by atoms with E-state index < -0.39 is 0 Å². The highest BCUT2D eigenvalue weighted by Crippen LogP contribution is 2.27. The molecule has 18 heavy (non-hydrogen) atoms. The number of nitrogens with one attached hydrogen (secondary N) is 1. The Kier molecular flexibility index (Phi) is 6.00. The van der Waals surface area contributed by atoms with Gasteiger partial charge in [-0.3, -0.25) is 10.2 Å². The monoisotopic (exact) mass is 252 g/mol. The van der Waals surface area contributed by atoms with Gasteiger partial charge in [0.15, 0.2) is 11.5 Å². The molecule has 1 amide bonds. The van der Waals surface area contributed by atoms with Gasteiger partial charge >= 0.3 is 0 Å². The molecule has 1 aromatic carbocycles. The summed E-state index contributed by atoms with van der Waals surface area (Å²) < 4.78 is 11.2. The van der Waals surface area contributed by atoms with E-state index in [1.165, 1.54) is 0 Å². The Balaban J connectivity index is 2.53. The average molecular weight is 252 g/mol. The van der Waals surface area contributed by atoms with Gasteiger partial charge in [0.1, 0.15) is 0 Å². The summed E-state index contributed by atoms with van der Waals surface area (Å²) in [6.07, 6.45) is 0.863. The number of carbonyl (C=O) groups is 1. The van der Waals surface area contributed by atoms with Crippen LogP contribution in [0.15, 0.2) is 24.3 Å². The molecule has 1 unspecified atom stereocenters. The van der Waals surface area contributed by atoms with Crippen molar-refractivity contribution in [1.29, 1.82) is 0 Å². The lowest BCUT2D eigenvalue weighted by Crippen LogP contribution is -2.30. The van der Waals surface area contributed by atoms with Crippen molar-refractivity contribution in [2.24, 2.45) is 5.84 Å². The van der Waals surface area contributed by atoms with Crippen molar-refractivity contribution in [3.8, 4) is 11.5 Å².